The number of nitrogens with zero attached hydrogens (tertiary/aromatic N) is 2. The predicted molar refractivity (Wildman–Crippen MR) is 160 cm³/mol. The summed E-state index contributed by atoms with van der Waals surface area (Å²) in [4.78, 5) is 30.7. The number of urea groups is 1. The minimum absolute atomic E-state index is 0.0330. The first-order valence-corrected chi connectivity index (χ1v) is 14.1. The van der Waals surface area contributed by atoms with Gasteiger partial charge in [0.1, 0.15) is 0 Å². The quantitative estimate of drug-likeness (QED) is 0.274. The second-order valence-corrected chi connectivity index (χ2v) is 11.5. The molecule has 4 aromatic carbocycles. The maximum absolute atomic E-state index is 13.7. The molecule has 0 unspecified atom stereocenters. The van der Waals surface area contributed by atoms with Crippen LogP contribution in [0.4, 0.5) is 16.2 Å². The molecule has 1 N–H and O–H groups in total. The molecule has 2 aliphatic heterocycles. The van der Waals surface area contributed by atoms with E-state index in [1.165, 1.54) is 11.1 Å². The molecule has 4 aromatic rings. The topological polar surface area (TPSA) is 52.7 Å². The Bertz CT molecular complexity index is 1480. The van der Waals surface area contributed by atoms with Gasteiger partial charge in [0.25, 0.3) is 0 Å². The first kappa shape index (κ1) is 25.9. The molecule has 2 aliphatic rings. The first-order chi connectivity index (χ1) is 19.4. The smallest absolute Gasteiger partial charge is 0.321 e. The number of hydrogen-bond acceptors (Lipinski definition) is 2. The summed E-state index contributed by atoms with van der Waals surface area (Å²) >= 11 is 0. The van der Waals surface area contributed by atoms with Gasteiger partial charge in [-0.15, -0.1) is 0 Å². The van der Waals surface area contributed by atoms with Gasteiger partial charge in [-0.25, -0.2) is 4.79 Å². The number of carbonyl (C=O) groups excluding carboxylic acids is 2. The Kier molecular flexibility index (Phi) is 6.67. The van der Waals surface area contributed by atoms with E-state index in [0.717, 1.165) is 16.9 Å². The monoisotopic (exact) mass is 529 g/mol. The first-order valence-electron chi connectivity index (χ1n) is 14.1. The van der Waals surface area contributed by atoms with Gasteiger partial charge in [-0.05, 0) is 53.8 Å². The highest BCUT2D eigenvalue weighted by molar-refractivity contribution is 6.06. The van der Waals surface area contributed by atoms with Crippen molar-refractivity contribution in [3.63, 3.8) is 0 Å². The molecule has 40 heavy (non-hydrogen) atoms. The van der Waals surface area contributed by atoms with E-state index in [4.69, 9.17) is 0 Å². The van der Waals surface area contributed by atoms with E-state index in [1.54, 1.807) is 0 Å². The lowest BCUT2D eigenvalue weighted by Crippen LogP contribution is -2.67. The van der Waals surface area contributed by atoms with Gasteiger partial charge in [-0.3, -0.25) is 4.79 Å². The summed E-state index contributed by atoms with van der Waals surface area (Å²) in [6.45, 7) is 5.51. The van der Waals surface area contributed by atoms with Crippen LogP contribution in [0.25, 0.3) is 0 Å². The van der Waals surface area contributed by atoms with Crippen molar-refractivity contribution in [3.8, 4) is 0 Å². The summed E-state index contributed by atoms with van der Waals surface area (Å²) in [5.74, 6) is 0.157. The molecule has 2 saturated heterocycles. The lowest BCUT2D eigenvalue weighted by Gasteiger charge is -2.59. The largest absolute Gasteiger partial charge is 0.324 e. The zero-order chi connectivity index (χ0) is 27.7. The van der Waals surface area contributed by atoms with E-state index in [9.17, 15) is 9.59 Å². The fraction of sp³-hybridized carbons (Fsp3) is 0.257. The van der Waals surface area contributed by atoms with Crippen LogP contribution >= 0.6 is 0 Å². The van der Waals surface area contributed by atoms with Crippen LogP contribution in [0.2, 0.25) is 0 Å². The Morgan fingerprint density at radius 3 is 1.88 bits per heavy atom. The number of para-hydroxylation sites is 1. The zero-order valence-electron chi connectivity index (χ0n) is 23.1. The molecule has 2 fully saturated rings. The molecule has 5 heteroatoms. The van der Waals surface area contributed by atoms with Gasteiger partial charge in [0.2, 0.25) is 5.91 Å². The number of anilines is 2. The zero-order valence-corrected chi connectivity index (χ0v) is 23.1. The van der Waals surface area contributed by atoms with E-state index in [1.807, 2.05) is 76.5 Å². The molecular weight excluding hydrogens is 494 g/mol. The molecule has 0 saturated carbocycles. The number of benzene rings is 4. The average molecular weight is 530 g/mol. The highest BCUT2D eigenvalue weighted by Crippen LogP contribution is 2.57. The fourth-order valence-electron chi connectivity index (χ4n) is 6.40. The summed E-state index contributed by atoms with van der Waals surface area (Å²) in [6, 6.07) is 38.6. The second-order valence-electron chi connectivity index (χ2n) is 11.5. The summed E-state index contributed by atoms with van der Waals surface area (Å²) in [5, 5.41) is 3.07. The minimum atomic E-state index is -0.487. The molecule has 0 aliphatic carbocycles. The number of amides is 3. The molecule has 1 atom stereocenters. The SMILES string of the molecule is CC(C)(c1ccccc1)c1ccc(NC(=O)N2CCC3(CC2)C(=O)N(c2ccccc2)[C@H]3c2ccccc2)cc1. The Hall–Kier alpha value is -4.38. The maximum atomic E-state index is 13.7. The number of piperidine rings is 1. The number of likely N-dealkylation sites (tertiary alicyclic amines) is 1. The van der Waals surface area contributed by atoms with Gasteiger partial charge in [-0.1, -0.05) is 105 Å². The van der Waals surface area contributed by atoms with Crippen LogP contribution in [0.15, 0.2) is 115 Å². The van der Waals surface area contributed by atoms with Gasteiger partial charge in [0.05, 0.1) is 11.5 Å². The Morgan fingerprint density at radius 1 is 0.750 bits per heavy atom. The van der Waals surface area contributed by atoms with E-state index in [-0.39, 0.29) is 23.4 Å². The normalized spacial score (nSPS) is 18.4. The molecule has 0 aromatic heterocycles. The van der Waals surface area contributed by atoms with Gasteiger partial charge in [-0.2, -0.15) is 0 Å². The van der Waals surface area contributed by atoms with Crippen molar-refractivity contribution in [1.82, 2.24) is 4.90 Å². The second kappa shape index (κ2) is 10.3. The van der Waals surface area contributed by atoms with Crippen molar-refractivity contribution in [2.45, 2.75) is 38.1 Å². The third kappa shape index (κ3) is 4.45. The molecule has 0 radical (unpaired) electrons. The van der Waals surface area contributed by atoms with Crippen LogP contribution in [0, 0.1) is 5.41 Å². The van der Waals surface area contributed by atoms with Crippen molar-refractivity contribution in [2.75, 3.05) is 23.3 Å². The Morgan fingerprint density at radius 2 is 1.27 bits per heavy atom. The lowest BCUT2D eigenvalue weighted by molar-refractivity contribution is -0.144. The number of carbonyl (C=O) groups is 2. The van der Waals surface area contributed by atoms with Gasteiger partial charge in [0.15, 0.2) is 0 Å². The minimum Gasteiger partial charge on any atom is -0.324 e. The molecule has 6 rings (SSSR count). The molecule has 2 heterocycles. The van der Waals surface area contributed by atoms with Crippen LogP contribution in [-0.2, 0) is 10.2 Å². The van der Waals surface area contributed by atoms with Gasteiger partial charge < -0.3 is 15.1 Å². The van der Waals surface area contributed by atoms with Crippen molar-refractivity contribution in [2.24, 2.45) is 5.41 Å². The van der Waals surface area contributed by atoms with Crippen molar-refractivity contribution in [1.29, 1.82) is 0 Å². The van der Waals surface area contributed by atoms with Crippen molar-refractivity contribution >= 4 is 23.3 Å². The van der Waals surface area contributed by atoms with Crippen LogP contribution < -0.4 is 10.2 Å². The number of β-lactam (4-membered cyclic amide) rings is 1. The van der Waals surface area contributed by atoms with E-state index >= 15 is 0 Å². The standard InChI is InChI=1S/C35H35N3O2/c1-34(2,27-14-8-4-9-15-27)28-18-20-29(21-19-28)36-33(40)37-24-22-35(23-25-37)31(26-12-6-3-7-13-26)38(32(35)39)30-16-10-5-11-17-30/h3-21,31H,22-25H2,1-2H3,(H,36,40)/t31-/m0/s1. The average Bonchev–Trinajstić information content (AvgIpc) is 3.01. The maximum Gasteiger partial charge on any atom is 0.321 e. The van der Waals surface area contributed by atoms with Gasteiger partial charge in [0, 0.05) is 29.9 Å². The third-order valence-electron chi connectivity index (χ3n) is 8.87. The third-order valence-corrected chi connectivity index (χ3v) is 8.87. The highest BCUT2D eigenvalue weighted by Gasteiger charge is 2.62. The molecule has 0 bridgehead atoms. The van der Waals surface area contributed by atoms with Crippen molar-refractivity contribution in [3.05, 3.63) is 132 Å². The van der Waals surface area contributed by atoms with Crippen LogP contribution in [0.1, 0.15) is 49.4 Å². The Balaban J connectivity index is 1.14. The summed E-state index contributed by atoms with van der Waals surface area (Å²) in [6.07, 6.45) is 1.29. The van der Waals surface area contributed by atoms with E-state index in [0.29, 0.717) is 25.9 Å². The Labute approximate surface area is 236 Å². The highest BCUT2D eigenvalue weighted by atomic mass is 16.2. The van der Waals surface area contributed by atoms with Crippen LogP contribution in [0.5, 0.6) is 0 Å². The molecule has 202 valence electrons. The van der Waals surface area contributed by atoms with Crippen LogP contribution in [-0.4, -0.2) is 29.9 Å². The fourth-order valence-corrected chi connectivity index (χ4v) is 6.40. The molecule has 1 spiro atoms. The van der Waals surface area contributed by atoms with Crippen LogP contribution in [0.3, 0.4) is 0 Å². The lowest BCUT2D eigenvalue weighted by atomic mass is 9.62. The van der Waals surface area contributed by atoms with E-state index < -0.39 is 5.41 Å². The molecular formula is C35H35N3O2. The predicted octanol–water partition coefficient (Wildman–Crippen LogP) is 7.41. The van der Waals surface area contributed by atoms with Crippen molar-refractivity contribution < 1.29 is 9.59 Å². The number of rotatable bonds is 5. The molecule has 5 nitrogen and oxygen atoms in total. The summed E-state index contributed by atoms with van der Waals surface area (Å²) in [5.41, 5.74) is 4.65. The summed E-state index contributed by atoms with van der Waals surface area (Å²) in [7, 11) is 0. The number of nitrogens with one attached hydrogen (secondary N) is 1. The molecule has 3 amide bonds. The summed E-state index contributed by atoms with van der Waals surface area (Å²) < 4.78 is 0. The number of hydrogen-bond donors (Lipinski definition) is 1. The van der Waals surface area contributed by atoms with Gasteiger partial charge >= 0.3 is 6.03 Å². The van der Waals surface area contributed by atoms with E-state index in [2.05, 4.69) is 67.7 Å².